The van der Waals surface area contributed by atoms with Gasteiger partial charge in [0.25, 0.3) is 5.91 Å². The minimum absolute atomic E-state index is 0.0401. The third-order valence-corrected chi connectivity index (χ3v) is 4.68. The molecule has 8 nitrogen and oxygen atoms in total. The van der Waals surface area contributed by atoms with Gasteiger partial charge in [-0.05, 0) is 38.1 Å². The third kappa shape index (κ3) is 4.95. The zero-order valence-corrected chi connectivity index (χ0v) is 16.6. The highest BCUT2D eigenvalue weighted by atomic mass is 32.1. The fourth-order valence-corrected chi connectivity index (χ4v) is 3.32. The van der Waals surface area contributed by atoms with E-state index in [4.69, 9.17) is 4.74 Å². The number of hydrogen-bond donors (Lipinski definition) is 1. The Labute approximate surface area is 165 Å². The maximum atomic E-state index is 12.2. The Bertz CT molecular complexity index is 932. The lowest BCUT2D eigenvalue weighted by atomic mass is 10.1. The Morgan fingerprint density at radius 1 is 0.929 bits per heavy atom. The van der Waals surface area contributed by atoms with Gasteiger partial charge < -0.3 is 19.5 Å². The number of carbonyl (C=O) groups is 4. The van der Waals surface area contributed by atoms with E-state index >= 15 is 0 Å². The van der Waals surface area contributed by atoms with Crippen LogP contribution in [0, 0.1) is 13.8 Å². The quantitative estimate of drug-likeness (QED) is 0.581. The van der Waals surface area contributed by atoms with Crippen molar-refractivity contribution in [3.63, 3.8) is 0 Å². The van der Waals surface area contributed by atoms with Gasteiger partial charge in [0.1, 0.15) is 0 Å². The van der Waals surface area contributed by atoms with Gasteiger partial charge in [0.15, 0.2) is 6.61 Å². The van der Waals surface area contributed by atoms with Crippen LogP contribution >= 0.6 is 11.3 Å². The van der Waals surface area contributed by atoms with Crippen LogP contribution in [0.5, 0.6) is 0 Å². The van der Waals surface area contributed by atoms with Crippen LogP contribution in [0.25, 0.3) is 0 Å². The van der Waals surface area contributed by atoms with Crippen LogP contribution in [-0.2, 0) is 19.0 Å². The summed E-state index contributed by atoms with van der Waals surface area (Å²) in [5, 5.41) is 2.45. The fourth-order valence-electron chi connectivity index (χ4n) is 2.41. The van der Waals surface area contributed by atoms with Gasteiger partial charge in [-0.2, -0.15) is 0 Å². The molecule has 0 aliphatic heterocycles. The molecule has 2 aromatic rings. The molecule has 0 saturated heterocycles. The molecule has 0 saturated carbocycles. The van der Waals surface area contributed by atoms with E-state index in [1.54, 1.807) is 13.0 Å². The average molecular weight is 405 g/mol. The van der Waals surface area contributed by atoms with E-state index in [1.807, 2.05) is 6.92 Å². The number of carbonyl (C=O) groups excluding carboxylic acids is 4. The van der Waals surface area contributed by atoms with E-state index in [0.29, 0.717) is 5.56 Å². The summed E-state index contributed by atoms with van der Waals surface area (Å²) in [6.07, 6.45) is 0. The fraction of sp³-hybridized carbons (Fsp3) is 0.263. The number of benzene rings is 1. The number of rotatable bonds is 6. The van der Waals surface area contributed by atoms with E-state index in [2.05, 4.69) is 14.8 Å². The third-order valence-electron chi connectivity index (χ3n) is 3.72. The molecule has 148 valence electrons. The number of aryl methyl sites for hydroxylation is 2. The van der Waals surface area contributed by atoms with Crippen molar-refractivity contribution in [3.05, 3.63) is 50.7 Å². The van der Waals surface area contributed by atoms with Crippen LogP contribution in [0.15, 0.2) is 24.3 Å². The number of amides is 1. The lowest BCUT2D eigenvalue weighted by Gasteiger charge is -2.11. The number of hydrogen-bond acceptors (Lipinski definition) is 8. The molecule has 0 bridgehead atoms. The molecule has 9 heteroatoms. The topological polar surface area (TPSA) is 108 Å². The first kappa shape index (κ1) is 21.1. The zero-order valence-electron chi connectivity index (χ0n) is 15.8. The lowest BCUT2D eigenvalue weighted by Crippen LogP contribution is -2.22. The molecule has 1 aromatic carbocycles. The van der Waals surface area contributed by atoms with E-state index < -0.39 is 30.4 Å². The van der Waals surface area contributed by atoms with Gasteiger partial charge in [0.2, 0.25) is 0 Å². The van der Waals surface area contributed by atoms with Gasteiger partial charge in [-0.25, -0.2) is 14.4 Å². The van der Waals surface area contributed by atoms with Gasteiger partial charge in [0.05, 0.1) is 36.6 Å². The van der Waals surface area contributed by atoms with E-state index in [-0.39, 0.29) is 16.8 Å². The second kappa shape index (κ2) is 9.14. The number of methoxy groups -OCH3 is 2. The van der Waals surface area contributed by atoms with Crippen LogP contribution in [0.2, 0.25) is 0 Å². The van der Waals surface area contributed by atoms with E-state index in [9.17, 15) is 19.2 Å². The molecule has 2 rings (SSSR count). The molecule has 0 unspecified atom stereocenters. The second-order valence-corrected chi connectivity index (χ2v) is 7.16. The molecule has 1 aromatic heterocycles. The molecular weight excluding hydrogens is 386 g/mol. The predicted octanol–water partition coefficient (Wildman–Crippen LogP) is 2.73. The predicted molar refractivity (Wildman–Crippen MR) is 102 cm³/mol. The van der Waals surface area contributed by atoms with Crippen molar-refractivity contribution < 1.29 is 33.4 Å². The highest BCUT2D eigenvalue weighted by Crippen LogP contribution is 2.22. The SMILES string of the molecule is COC(=O)c1ccc(C(=O)OC)c(NC(=O)COC(=O)c2cc(C)sc2C)c1. The summed E-state index contributed by atoms with van der Waals surface area (Å²) in [5.74, 6) is -2.63. The van der Waals surface area contributed by atoms with Crippen LogP contribution in [0.3, 0.4) is 0 Å². The molecular formula is C19H19NO7S. The maximum absolute atomic E-state index is 12.2. The van der Waals surface area contributed by atoms with Gasteiger partial charge in [0, 0.05) is 9.75 Å². The minimum atomic E-state index is -0.701. The number of thiophene rings is 1. The molecule has 0 aliphatic rings. The summed E-state index contributed by atoms with van der Waals surface area (Å²) in [7, 11) is 2.40. The van der Waals surface area contributed by atoms with Crippen LogP contribution in [0.4, 0.5) is 5.69 Å². The molecule has 1 amide bonds. The van der Waals surface area contributed by atoms with E-state index in [1.165, 1.54) is 43.8 Å². The molecule has 1 N–H and O–H groups in total. The molecule has 28 heavy (non-hydrogen) atoms. The first-order chi connectivity index (χ1) is 13.3. The first-order valence-electron chi connectivity index (χ1n) is 8.11. The number of nitrogens with one attached hydrogen (secondary N) is 1. The van der Waals surface area contributed by atoms with Crippen LogP contribution < -0.4 is 5.32 Å². The monoisotopic (exact) mass is 405 g/mol. The number of anilines is 1. The minimum Gasteiger partial charge on any atom is -0.465 e. The molecule has 0 aliphatic carbocycles. The van der Waals surface area contributed by atoms with Crippen molar-refractivity contribution >= 4 is 40.8 Å². The van der Waals surface area contributed by atoms with Crippen LogP contribution in [-0.4, -0.2) is 44.6 Å². The Balaban J connectivity index is 2.13. The summed E-state index contributed by atoms with van der Waals surface area (Å²) < 4.78 is 14.3. The van der Waals surface area contributed by atoms with Crippen LogP contribution in [0.1, 0.15) is 40.8 Å². The van der Waals surface area contributed by atoms with Crippen molar-refractivity contribution in [1.82, 2.24) is 0 Å². The van der Waals surface area contributed by atoms with Gasteiger partial charge in [-0.1, -0.05) is 0 Å². The Morgan fingerprint density at radius 3 is 2.18 bits per heavy atom. The smallest absolute Gasteiger partial charge is 0.339 e. The summed E-state index contributed by atoms with van der Waals surface area (Å²) in [4.78, 5) is 49.6. The number of esters is 3. The Kier molecular flexibility index (Phi) is 6.89. The van der Waals surface area contributed by atoms with Crippen molar-refractivity contribution in [1.29, 1.82) is 0 Å². The molecule has 1 heterocycles. The van der Waals surface area contributed by atoms with Crippen molar-refractivity contribution in [2.24, 2.45) is 0 Å². The highest BCUT2D eigenvalue weighted by Gasteiger charge is 2.19. The summed E-state index contributed by atoms with van der Waals surface area (Å²) in [6, 6.07) is 5.67. The van der Waals surface area contributed by atoms with Gasteiger partial charge in [-0.3, -0.25) is 4.79 Å². The zero-order chi connectivity index (χ0) is 20.8. The standard InChI is InChI=1S/C19H19NO7S/c1-10-7-14(11(2)28-10)19(24)27-9-16(21)20-15-8-12(17(22)25-3)5-6-13(15)18(23)26-4/h5-8H,9H2,1-4H3,(H,20,21). The Hall–Kier alpha value is -3.20. The summed E-state index contributed by atoms with van der Waals surface area (Å²) in [6.45, 7) is 3.09. The molecule has 0 radical (unpaired) electrons. The van der Waals surface area contributed by atoms with E-state index in [0.717, 1.165) is 9.75 Å². The number of ether oxygens (including phenoxy) is 3. The van der Waals surface area contributed by atoms with Gasteiger partial charge >= 0.3 is 17.9 Å². The highest BCUT2D eigenvalue weighted by molar-refractivity contribution is 7.12. The normalized spacial score (nSPS) is 10.1. The second-order valence-electron chi connectivity index (χ2n) is 5.69. The van der Waals surface area contributed by atoms with Crippen molar-refractivity contribution in [3.8, 4) is 0 Å². The summed E-state index contributed by atoms with van der Waals surface area (Å²) >= 11 is 1.45. The average Bonchev–Trinajstić information content (AvgIpc) is 3.02. The van der Waals surface area contributed by atoms with Crippen molar-refractivity contribution in [2.45, 2.75) is 13.8 Å². The lowest BCUT2D eigenvalue weighted by molar-refractivity contribution is -0.119. The molecule has 0 atom stereocenters. The first-order valence-corrected chi connectivity index (χ1v) is 8.93. The molecule has 0 fully saturated rings. The summed E-state index contributed by atoms with van der Waals surface area (Å²) in [5.41, 5.74) is 0.613. The largest absolute Gasteiger partial charge is 0.465 e. The Morgan fingerprint density at radius 2 is 1.61 bits per heavy atom. The van der Waals surface area contributed by atoms with Gasteiger partial charge in [-0.15, -0.1) is 11.3 Å². The van der Waals surface area contributed by atoms with Crippen molar-refractivity contribution in [2.75, 3.05) is 26.1 Å². The molecule has 0 spiro atoms. The maximum Gasteiger partial charge on any atom is 0.339 e.